The van der Waals surface area contributed by atoms with Crippen LogP contribution >= 0.6 is 11.3 Å². The van der Waals surface area contributed by atoms with E-state index in [1.807, 2.05) is 0 Å². The fourth-order valence-corrected chi connectivity index (χ4v) is 1.84. The number of carbonyl (C=O) groups excluding carboxylic acids is 1. The van der Waals surface area contributed by atoms with Gasteiger partial charge in [0.15, 0.2) is 5.13 Å². The first-order valence-electron chi connectivity index (χ1n) is 4.24. The van der Waals surface area contributed by atoms with E-state index >= 15 is 0 Å². The van der Waals surface area contributed by atoms with Gasteiger partial charge in [-0.2, -0.15) is 0 Å². The summed E-state index contributed by atoms with van der Waals surface area (Å²) in [6.45, 7) is 1.29. The Bertz CT molecular complexity index is 346. The van der Waals surface area contributed by atoms with Crippen LogP contribution in [-0.2, 0) is 4.74 Å². The van der Waals surface area contributed by atoms with E-state index in [1.54, 1.807) is 17.4 Å². The van der Waals surface area contributed by atoms with E-state index < -0.39 is 0 Å². The molecule has 2 rings (SSSR count). The summed E-state index contributed by atoms with van der Waals surface area (Å²) in [6, 6.07) is 0. The summed E-state index contributed by atoms with van der Waals surface area (Å²) in [5.41, 5.74) is 5.87. The van der Waals surface area contributed by atoms with Crippen molar-refractivity contribution in [3.63, 3.8) is 0 Å². The molecule has 0 aliphatic carbocycles. The molecule has 1 aromatic rings. The fraction of sp³-hybridized carbons (Fsp3) is 0.500. The topological polar surface area (TPSA) is 68.5 Å². The van der Waals surface area contributed by atoms with E-state index in [-0.39, 0.29) is 12.0 Å². The lowest BCUT2D eigenvalue weighted by Crippen LogP contribution is -2.54. The van der Waals surface area contributed by atoms with Gasteiger partial charge in [0.2, 0.25) is 0 Å². The second-order valence-electron chi connectivity index (χ2n) is 3.14. The monoisotopic (exact) mass is 213 g/mol. The van der Waals surface area contributed by atoms with Crippen LogP contribution in [-0.4, -0.2) is 42.1 Å². The van der Waals surface area contributed by atoms with E-state index in [4.69, 9.17) is 10.5 Å². The van der Waals surface area contributed by atoms with Crippen molar-refractivity contribution in [2.24, 2.45) is 0 Å². The van der Waals surface area contributed by atoms with Gasteiger partial charge in [-0.25, -0.2) is 4.98 Å². The molecule has 1 amide bonds. The normalized spacial score (nSPS) is 16.8. The number of carbonyl (C=O) groups is 1. The van der Waals surface area contributed by atoms with Crippen LogP contribution in [0.15, 0.2) is 5.38 Å². The predicted molar refractivity (Wildman–Crippen MR) is 53.2 cm³/mol. The molecule has 0 bridgehead atoms. The molecule has 5 nitrogen and oxygen atoms in total. The van der Waals surface area contributed by atoms with Crippen molar-refractivity contribution < 1.29 is 9.53 Å². The minimum Gasteiger partial charge on any atom is -0.378 e. The lowest BCUT2D eigenvalue weighted by molar-refractivity contribution is -0.0194. The maximum Gasteiger partial charge on any atom is 0.273 e. The van der Waals surface area contributed by atoms with Crippen molar-refractivity contribution in [2.75, 3.05) is 25.9 Å². The molecule has 2 heterocycles. The molecule has 1 saturated heterocycles. The number of anilines is 1. The zero-order chi connectivity index (χ0) is 10.1. The number of nitrogens with zero attached hydrogens (tertiary/aromatic N) is 2. The maximum absolute atomic E-state index is 11.7. The smallest absolute Gasteiger partial charge is 0.273 e. The van der Waals surface area contributed by atoms with E-state index in [1.165, 1.54) is 11.3 Å². The lowest BCUT2D eigenvalue weighted by Gasteiger charge is -2.37. The number of hydrogen-bond donors (Lipinski definition) is 1. The van der Waals surface area contributed by atoms with Crippen molar-refractivity contribution in [1.29, 1.82) is 0 Å². The molecule has 1 aliphatic rings. The first kappa shape index (κ1) is 9.42. The van der Waals surface area contributed by atoms with E-state index in [9.17, 15) is 4.79 Å². The van der Waals surface area contributed by atoms with Crippen LogP contribution in [0, 0.1) is 0 Å². The van der Waals surface area contributed by atoms with Gasteiger partial charge in [0, 0.05) is 25.6 Å². The SMILES string of the molecule is COC1CN(C(=O)c2csc(N)n2)C1. The summed E-state index contributed by atoms with van der Waals surface area (Å²) in [7, 11) is 1.65. The van der Waals surface area contributed by atoms with Crippen LogP contribution in [0.5, 0.6) is 0 Å². The van der Waals surface area contributed by atoms with E-state index in [0.29, 0.717) is 23.9 Å². The number of ether oxygens (including phenoxy) is 1. The molecule has 2 N–H and O–H groups in total. The van der Waals surface area contributed by atoms with Crippen LogP contribution in [0.3, 0.4) is 0 Å². The quantitative estimate of drug-likeness (QED) is 0.761. The Morgan fingerprint density at radius 1 is 1.79 bits per heavy atom. The van der Waals surface area contributed by atoms with Gasteiger partial charge < -0.3 is 15.4 Å². The summed E-state index contributed by atoms with van der Waals surface area (Å²) >= 11 is 1.28. The van der Waals surface area contributed by atoms with Crippen molar-refractivity contribution in [3.05, 3.63) is 11.1 Å². The summed E-state index contributed by atoms with van der Waals surface area (Å²) in [6.07, 6.45) is 0.176. The third-order valence-electron chi connectivity index (χ3n) is 2.21. The highest BCUT2D eigenvalue weighted by Crippen LogP contribution is 2.17. The number of nitrogens with two attached hydrogens (primary N) is 1. The van der Waals surface area contributed by atoms with Gasteiger partial charge in [-0.05, 0) is 0 Å². The van der Waals surface area contributed by atoms with Gasteiger partial charge in [0.1, 0.15) is 5.69 Å². The molecule has 0 saturated carbocycles. The number of amides is 1. The van der Waals surface area contributed by atoms with Gasteiger partial charge in [0.05, 0.1) is 6.10 Å². The first-order chi connectivity index (χ1) is 6.70. The van der Waals surface area contributed by atoms with Crippen LogP contribution in [0.1, 0.15) is 10.5 Å². The number of rotatable bonds is 2. The Morgan fingerprint density at radius 3 is 3.00 bits per heavy atom. The molecule has 0 aromatic carbocycles. The highest BCUT2D eigenvalue weighted by molar-refractivity contribution is 7.13. The van der Waals surface area contributed by atoms with Crippen molar-refractivity contribution in [2.45, 2.75) is 6.10 Å². The summed E-state index contributed by atoms with van der Waals surface area (Å²) in [5, 5.41) is 2.11. The molecular formula is C8H11N3O2S. The average Bonchev–Trinajstić information content (AvgIpc) is 2.49. The molecule has 14 heavy (non-hydrogen) atoms. The molecule has 0 unspecified atom stereocenters. The zero-order valence-corrected chi connectivity index (χ0v) is 8.58. The van der Waals surface area contributed by atoms with Crippen molar-refractivity contribution in [1.82, 2.24) is 9.88 Å². The molecule has 6 heteroatoms. The minimum absolute atomic E-state index is 0.0637. The maximum atomic E-state index is 11.7. The first-order valence-corrected chi connectivity index (χ1v) is 5.11. The highest BCUT2D eigenvalue weighted by Gasteiger charge is 2.31. The third-order valence-corrected chi connectivity index (χ3v) is 2.88. The average molecular weight is 213 g/mol. The number of aromatic nitrogens is 1. The van der Waals surface area contributed by atoms with Crippen LogP contribution < -0.4 is 5.73 Å². The second kappa shape index (κ2) is 3.55. The molecule has 1 aliphatic heterocycles. The number of likely N-dealkylation sites (tertiary alicyclic amines) is 1. The Kier molecular flexibility index (Phi) is 2.39. The van der Waals surface area contributed by atoms with E-state index in [2.05, 4.69) is 4.98 Å². The molecule has 0 spiro atoms. The zero-order valence-electron chi connectivity index (χ0n) is 7.77. The Labute approximate surface area is 85.5 Å². The van der Waals surface area contributed by atoms with Crippen LogP contribution in [0.4, 0.5) is 5.13 Å². The van der Waals surface area contributed by atoms with Gasteiger partial charge in [0.25, 0.3) is 5.91 Å². The third kappa shape index (κ3) is 1.58. The number of methoxy groups -OCH3 is 1. The van der Waals surface area contributed by atoms with Gasteiger partial charge in [-0.3, -0.25) is 4.79 Å². The largest absolute Gasteiger partial charge is 0.378 e. The van der Waals surface area contributed by atoms with Crippen molar-refractivity contribution in [3.8, 4) is 0 Å². The second-order valence-corrected chi connectivity index (χ2v) is 4.03. The molecular weight excluding hydrogens is 202 g/mol. The number of hydrogen-bond acceptors (Lipinski definition) is 5. The molecule has 0 atom stereocenters. The van der Waals surface area contributed by atoms with Gasteiger partial charge in [-0.15, -0.1) is 11.3 Å². The Balaban J connectivity index is 1.97. The molecule has 1 aromatic heterocycles. The Hall–Kier alpha value is -1.14. The number of nitrogen functional groups attached to an aromatic ring is 1. The number of thiazole rings is 1. The molecule has 76 valence electrons. The molecule has 0 radical (unpaired) electrons. The Morgan fingerprint density at radius 2 is 2.50 bits per heavy atom. The highest BCUT2D eigenvalue weighted by atomic mass is 32.1. The van der Waals surface area contributed by atoms with Gasteiger partial charge >= 0.3 is 0 Å². The summed E-state index contributed by atoms with van der Waals surface area (Å²) in [4.78, 5) is 17.3. The van der Waals surface area contributed by atoms with Gasteiger partial charge in [-0.1, -0.05) is 0 Å². The minimum atomic E-state index is -0.0637. The van der Waals surface area contributed by atoms with Crippen LogP contribution in [0.25, 0.3) is 0 Å². The lowest BCUT2D eigenvalue weighted by atomic mass is 10.1. The molecule has 1 fully saturated rings. The van der Waals surface area contributed by atoms with Crippen molar-refractivity contribution >= 4 is 22.4 Å². The predicted octanol–water partition coefficient (Wildman–Crippen LogP) is 0.196. The fourth-order valence-electron chi connectivity index (χ4n) is 1.30. The standard InChI is InChI=1S/C8H11N3O2S/c1-13-5-2-11(3-5)7(12)6-4-14-8(9)10-6/h4-5H,2-3H2,1H3,(H2,9,10). The summed E-state index contributed by atoms with van der Waals surface area (Å²) < 4.78 is 5.07. The van der Waals surface area contributed by atoms with Crippen LogP contribution in [0.2, 0.25) is 0 Å². The summed E-state index contributed by atoms with van der Waals surface area (Å²) in [5.74, 6) is -0.0637. The van der Waals surface area contributed by atoms with E-state index in [0.717, 1.165) is 0 Å².